The van der Waals surface area contributed by atoms with Gasteiger partial charge in [0.2, 0.25) is 0 Å². The zero-order valence-electron chi connectivity index (χ0n) is 15.1. The summed E-state index contributed by atoms with van der Waals surface area (Å²) in [6.07, 6.45) is 1.87. The summed E-state index contributed by atoms with van der Waals surface area (Å²) < 4.78 is 13.6. The fourth-order valence-corrected chi connectivity index (χ4v) is 2.48. The van der Waals surface area contributed by atoms with Crippen molar-refractivity contribution in [3.05, 3.63) is 59.5 Å². The van der Waals surface area contributed by atoms with Crippen molar-refractivity contribution in [1.29, 1.82) is 0 Å². The van der Waals surface area contributed by atoms with E-state index >= 15 is 0 Å². The molecule has 0 bridgehead atoms. The first-order valence-electron chi connectivity index (χ1n) is 8.55. The summed E-state index contributed by atoms with van der Waals surface area (Å²) in [5, 5.41) is 6.33. The molecule has 6 heteroatoms. The van der Waals surface area contributed by atoms with Gasteiger partial charge in [-0.15, -0.1) is 0 Å². The highest BCUT2D eigenvalue weighted by Gasteiger charge is 2.05. The van der Waals surface area contributed by atoms with Crippen LogP contribution in [0.5, 0.6) is 0 Å². The number of benzene rings is 1. The van der Waals surface area contributed by atoms with Crippen molar-refractivity contribution >= 4 is 11.8 Å². The van der Waals surface area contributed by atoms with Crippen LogP contribution in [0, 0.1) is 5.82 Å². The number of aliphatic imine (C=N–C) groups is 1. The summed E-state index contributed by atoms with van der Waals surface area (Å²) >= 11 is 0. The molecule has 0 saturated carbocycles. The number of nitrogens with zero attached hydrogens (tertiary/aromatic N) is 3. The summed E-state index contributed by atoms with van der Waals surface area (Å²) in [4.78, 5) is 10.9. The minimum absolute atomic E-state index is 0.221. The molecule has 0 aliphatic rings. The molecule has 0 amide bonds. The number of hydrogen-bond acceptors (Lipinski definition) is 3. The number of pyridine rings is 1. The minimum atomic E-state index is -0.221. The zero-order valence-corrected chi connectivity index (χ0v) is 15.1. The van der Waals surface area contributed by atoms with E-state index in [2.05, 4.69) is 45.4 Å². The second-order valence-electron chi connectivity index (χ2n) is 5.57. The van der Waals surface area contributed by atoms with Crippen LogP contribution in [0.25, 0.3) is 0 Å². The van der Waals surface area contributed by atoms with Crippen molar-refractivity contribution in [3.63, 3.8) is 0 Å². The third-order valence-electron chi connectivity index (χ3n) is 3.98. The molecule has 2 rings (SSSR count). The molecule has 5 nitrogen and oxygen atoms in total. The monoisotopic (exact) mass is 343 g/mol. The quantitative estimate of drug-likeness (QED) is 0.599. The number of nitrogens with one attached hydrogen (secondary N) is 2. The lowest BCUT2D eigenvalue weighted by molar-refractivity contribution is 0.604. The number of guanidine groups is 1. The molecule has 2 aromatic rings. The fraction of sp³-hybridized carbons (Fsp3) is 0.368. The molecular weight excluding hydrogens is 317 g/mol. The number of rotatable bonds is 7. The van der Waals surface area contributed by atoms with E-state index in [1.165, 1.54) is 6.07 Å². The standard InChI is InChI=1S/C19H26FN5/c1-4-25(5-2)18-11-10-15(12-22-18)13-23-19(21-3)24-14-16-8-6-7-9-17(16)20/h6-12H,4-5,13-14H2,1-3H3,(H2,21,23,24). The summed E-state index contributed by atoms with van der Waals surface area (Å²) in [7, 11) is 1.69. The van der Waals surface area contributed by atoms with Gasteiger partial charge in [-0.25, -0.2) is 9.37 Å². The smallest absolute Gasteiger partial charge is 0.191 e. The Morgan fingerprint density at radius 2 is 1.80 bits per heavy atom. The number of halogens is 1. The highest BCUT2D eigenvalue weighted by Crippen LogP contribution is 2.10. The lowest BCUT2D eigenvalue weighted by Crippen LogP contribution is -2.36. The second kappa shape index (κ2) is 9.61. The van der Waals surface area contributed by atoms with Gasteiger partial charge < -0.3 is 15.5 Å². The lowest BCUT2D eigenvalue weighted by Gasteiger charge is -2.19. The average Bonchev–Trinajstić information content (AvgIpc) is 2.65. The first kappa shape index (κ1) is 18.7. The van der Waals surface area contributed by atoms with Crippen LogP contribution >= 0.6 is 0 Å². The molecular formula is C19H26FN5. The number of aromatic nitrogens is 1. The van der Waals surface area contributed by atoms with Gasteiger partial charge in [0.05, 0.1) is 0 Å². The number of anilines is 1. The maximum absolute atomic E-state index is 13.6. The zero-order chi connectivity index (χ0) is 18.1. The van der Waals surface area contributed by atoms with Gasteiger partial charge >= 0.3 is 0 Å². The number of hydrogen-bond donors (Lipinski definition) is 2. The van der Waals surface area contributed by atoms with Crippen molar-refractivity contribution < 1.29 is 4.39 Å². The molecule has 0 spiro atoms. The van der Waals surface area contributed by atoms with Crippen LogP contribution < -0.4 is 15.5 Å². The first-order valence-corrected chi connectivity index (χ1v) is 8.55. The van der Waals surface area contributed by atoms with Gasteiger partial charge in [-0.3, -0.25) is 4.99 Å². The molecule has 0 aliphatic heterocycles. The van der Waals surface area contributed by atoms with Crippen LogP contribution in [0.1, 0.15) is 25.0 Å². The SMILES string of the molecule is CCN(CC)c1ccc(CNC(=NC)NCc2ccccc2F)cn1. The Balaban J connectivity index is 1.87. The van der Waals surface area contributed by atoms with Crippen LogP contribution in [0.4, 0.5) is 10.2 Å². The summed E-state index contributed by atoms with van der Waals surface area (Å²) in [5.74, 6) is 1.38. The molecule has 134 valence electrons. The molecule has 0 unspecified atom stereocenters. The normalized spacial score (nSPS) is 11.3. The van der Waals surface area contributed by atoms with E-state index in [1.807, 2.05) is 18.3 Å². The van der Waals surface area contributed by atoms with Crippen molar-refractivity contribution in [2.75, 3.05) is 25.0 Å². The van der Waals surface area contributed by atoms with Gasteiger partial charge in [-0.2, -0.15) is 0 Å². The van der Waals surface area contributed by atoms with E-state index in [9.17, 15) is 4.39 Å². The van der Waals surface area contributed by atoms with Gasteiger partial charge in [-0.1, -0.05) is 24.3 Å². The van der Waals surface area contributed by atoms with E-state index in [-0.39, 0.29) is 5.82 Å². The fourth-order valence-electron chi connectivity index (χ4n) is 2.48. The maximum Gasteiger partial charge on any atom is 0.191 e. The van der Waals surface area contributed by atoms with Gasteiger partial charge in [0.25, 0.3) is 0 Å². The maximum atomic E-state index is 13.6. The van der Waals surface area contributed by atoms with Crippen molar-refractivity contribution in [2.45, 2.75) is 26.9 Å². The Hall–Kier alpha value is -2.63. The van der Waals surface area contributed by atoms with Crippen LogP contribution in [0.3, 0.4) is 0 Å². The van der Waals surface area contributed by atoms with Gasteiger partial charge in [0.1, 0.15) is 11.6 Å². The Kier molecular flexibility index (Phi) is 7.19. The topological polar surface area (TPSA) is 52.5 Å². The van der Waals surface area contributed by atoms with E-state index in [1.54, 1.807) is 19.2 Å². The van der Waals surface area contributed by atoms with E-state index in [0.29, 0.717) is 24.6 Å². The van der Waals surface area contributed by atoms with Crippen LogP contribution in [0.2, 0.25) is 0 Å². The largest absolute Gasteiger partial charge is 0.357 e. The first-order chi connectivity index (χ1) is 12.2. The van der Waals surface area contributed by atoms with Gasteiger partial charge in [0, 0.05) is 45.0 Å². The second-order valence-corrected chi connectivity index (χ2v) is 5.57. The predicted octanol–water partition coefficient (Wildman–Crippen LogP) is 2.93. The lowest BCUT2D eigenvalue weighted by atomic mass is 10.2. The highest BCUT2D eigenvalue weighted by molar-refractivity contribution is 5.79. The van der Waals surface area contributed by atoms with Crippen molar-refractivity contribution in [3.8, 4) is 0 Å². The van der Waals surface area contributed by atoms with Crippen molar-refractivity contribution in [1.82, 2.24) is 15.6 Å². The van der Waals surface area contributed by atoms with E-state index in [0.717, 1.165) is 24.5 Å². The van der Waals surface area contributed by atoms with Crippen LogP contribution in [-0.4, -0.2) is 31.1 Å². The van der Waals surface area contributed by atoms with Gasteiger partial charge in [-0.05, 0) is 31.5 Å². The molecule has 0 atom stereocenters. The minimum Gasteiger partial charge on any atom is -0.357 e. The Morgan fingerprint density at radius 1 is 1.08 bits per heavy atom. The molecule has 1 heterocycles. The van der Waals surface area contributed by atoms with E-state index < -0.39 is 0 Å². The Morgan fingerprint density at radius 3 is 2.40 bits per heavy atom. The molecule has 0 saturated heterocycles. The third kappa shape index (κ3) is 5.45. The molecule has 1 aromatic carbocycles. The third-order valence-corrected chi connectivity index (χ3v) is 3.98. The van der Waals surface area contributed by atoms with E-state index in [4.69, 9.17) is 0 Å². The van der Waals surface area contributed by atoms with Crippen LogP contribution in [-0.2, 0) is 13.1 Å². The average molecular weight is 343 g/mol. The molecule has 1 aromatic heterocycles. The van der Waals surface area contributed by atoms with Crippen molar-refractivity contribution in [2.24, 2.45) is 4.99 Å². The summed E-state index contributed by atoms with van der Waals surface area (Å²) in [6.45, 7) is 7.09. The summed E-state index contributed by atoms with van der Waals surface area (Å²) in [5.41, 5.74) is 1.67. The Labute approximate surface area is 149 Å². The molecule has 0 fully saturated rings. The summed E-state index contributed by atoms with van der Waals surface area (Å²) in [6, 6.07) is 10.8. The van der Waals surface area contributed by atoms with Gasteiger partial charge in [0.15, 0.2) is 5.96 Å². The molecule has 25 heavy (non-hydrogen) atoms. The van der Waals surface area contributed by atoms with Crippen LogP contribution in [0.15, 0.2) is 47.6 Å². The molecule has 0 aliphatic carbocycles. The molecule has 2 N–H and O–H groups in total. The predicted molar refractivity (Wildman–Crippen MR) is 101 cm³/mol. The highest BCUT2D eigenvalue weighted by atomic mass is 19.1. The Bertz CT molecular complexity index is 680. The molecule has 0 radical (unpaired) electrons.